The SMILES string of the molecule is Cn1c(SCCN2C(=O)NC(C)(C)C2=O)nnc1-c1ccccc1F. The van der Waals surface area contributed by atoms with E-state index in [1.807, 2.05) is 0 Å². The molecule has 9 heteroatoms. The summed E-state index contributed by atoms with van der Waals surface area (Å²) in [6.07, 6.45) is 0. The summed E-state index contributed by atoms with van der Waals surface area (Å²) >= 11 is 1.35. The lowest BCUT2D eigenvalue weighted by atomic mass is 10.1. The Balaban J connectivity index is 1.67. The molecule has 3 amide bonds. The fraction of sp³-hybridized carbons (Fsp3) is 0.375. The summed E-state index contributed by atoms with van der Waals surface area (Å²) in [5.74, 6) is 0.286. The van der Waals surface area contributed by atoms with E-state index in [0.29, 0.717) is 22.3 Å². The lowest BCUT2D eigenvalue weighted by molar-refractivity contribution is -0.130. The number of hydrogen-bond acceptors (Lipinski definition) is 5. The van der Waals surface area contributed by atoms with E-state index < -0.39 is 5.54 Å². The van der Waals surface area contributed by atoms with Crippen molar-refractivity contribution < 1.29 is 14.0 Å². The van der Waals surface area contributed by atoms with E-state index in [4.69, 9.17) is 0 Å². The van der Waals surface area contributed by atoms with Gasteiger partial charge in [0, 0.05) is 19.3 Å². The van der Waals surface area contributed by atoms with Crippen LogP contribution in [0.5, 0.6) is 0 Å². The predicted octanol–water partition coefficient (Wildman–Crippen LogP) is 2.04. The van der Waals surface area contributed by atoms with Crippen molar-refractivity contribution in [1.29, 1.82) is 0 Å². The van der Waals surface area contributed by atoms with Crippen LogP contribution in [0.25, 0.3) is 11.4 Å². The average Bonchev–Trinajstić information content (AvgIpc) is 3.00. The molecule has 0 bridgehead atoms. The largest absolute Gasteiger partial charge is 0.325 e. The molecule has 1 aliphatic rings. The molecular weight excluding hydrogens is 345 g/mol. The summed E-state index contributed by atoms with van der Waals surface area (Å²) in [7, 11) is 1.75. The molecule has 3 rings (SSSR count). The molecule has 2 heterocycles. The number of nitrogens with zero attached hydrogens (tertiary/aromatic N) is 4. The van der Waals surface area contributed by atoms with Crippen LogP contribution in [-0.4, -0.2) is 49.4 Å². The van der Waals surface area contributed by atoms with Crippen molar-refractivity contribution in [3.63, 3.8) is 0 Å². The number of urea groups is 1. The van der Waals surface area contributed by atoms with E-state index >= 15 is 0 Å². The lowest BCUT2D eigenvalue weighted by Crippen LogP contribution is -2.40. The van der Waals surface area contributed by atoms with Crippen molar-refractivity contribution in [2.75, 3.05) is 12.3 Å². The van der Waals surface area contributed by atoms with Crippen LogP contribution in [0.2, 0.25) is 0 Å². The molecule has 0 aliphatic carbocycles. The Kier molecular flexibility index (Phi) is 4.51. The topological polar surface area (TPSA) is 80.1 Å². The predicted molar refractivity (Wildman–Crippen MR) is 91.4 cm³/mol. The highest BCUT2D eigenvalue weighted by Gasteiger charge is 2.43. The van der Waals surface area contributed by atoms with Gasteiger partial charge in [-0.1, -0.05) is 23.9 Å². The monoisotopic (exact) mass is 363 g/mol. The Labute approximate surface area is 148 Å². The van der Waals surface area contributed by atoms with Crippen molar-refractivity contribution in [2.45, 2.75) is 24.5 Å². The number of halogens is 1. The first kappa shape index (κ1) is 17.4. The molecule has 25 heavy (non-hydrogen) atoms. The summed E-state index contributed by atoms with van der Waals surface area (Å²) in [6.45, 7) is 3.61. The van der Waals surface area contributed by atoms with Crippen molar-refractivity contribution in [3.05, 3.63) is 30.1 Å². The standard InChI is InChI=1S/C16H18FN5O2S/c1-16(2)13(23)22(14(24)18-16)8-9-25-15-20-19-12(21(15)3)10-6-4-5-7-11(10)17/h4-7H,8-9H2,1-3H3,(H,18,24). The molecule has 1 aromatic carbocycles. The van der Waals surface area contributed by atoms with Crippen LogP contribution in [0, 0.1) is 5.82 Å². The van der Waals surface area contributed by atoms with Gasteiger partial charge in [-0.2, -0.15) is 0 Å². The maximum absolute atomic E-state index is 13.9. The highest BCUT2D eigenvalue weighted by Crippen LogP contribution is 2.25. The number of rotatable bonds is 5. The zero-order chi connectivity index (χ0) is 18.2. The van der Waals surface area contributed by atoms with Crippen molar-refractivity contribution in [3.8, 4) is 11.4 Å². The second-order valence-corrected chi connectivity index (χ2v) is 7.27. The molecule has 1 N–H and O–H groups in total. The number of thioether (sulfide) groups is 1. The molecule has 0 radical (unpaired) electrons. The molecule has 1 fully saturated rings. The quantitative estimate of drug-likeness (QED) is 0.650. The molecule has 1 aromatic heterocycles. The fourth-order valence-electron chi connectivity index (χ4n) is 2.57. The van der Waals surface area contributed by atoms with E-state index in [0.717, 1.165) is 0 Å². The van der Waals surface area contributed by atoms with Gasteiger partial charge in [0.2, 0.25) is 0 Å². The molecule has 1 saturated heterocycles. The molecule has 0 unspecified atom stereocenters. The van der Waals surface area contributed by atoms with Crippen LogP contribution in [0.1, 0.15) is 13.8 Å². The number of amides is 3. The number of imide groups is 1. The first-order chi connectivity index (χ1) is 11.8. The van der Waals surface area contributed by atoms with E-state index in [1.54, 1.807) is 43.7 Å². The Bertz CT molecular complexity index is 836. The summed E-state index contributed by atoms with van der Waals surface area (Å²) in [5.41, 5.74) is -0.495. The highest BCUT2D eigenvalue weighted by atomic mass is 32.2. The smallest absolute Gasteiger partial charge is 0.324 e. The second-order valence-electron chi connectivity index (χ2n) is 6.21. The zero-order valence-electron chi connectivity index (χ0n) is 14.1. The normalized spacial score (nSPS) is 16.4. The summed E-state index contributed by atoms with van der Waals surface area (Å²) in [4.78, 5) is 25.2. The van der Waals surface area contributed by atoms with Crippen LogP contribution in [0.15, 0.2) is 29.4 Å². The van der Waals surface area contributed by atoms with Crippen LogP contribution in [0.3, 0.4) is 0 Å². The minimum absolute atomic E-state index is 0.247. The minimum atomic E-state index is -0.871. The number of aromatic nitrogens is 3. The van der Waals surface area contributed by atoms with Gasteiger partial charge < -0.3 is 9.88 Å². The molecule has 7 nitrogen and oxygen atoms in total. The third-order valence-electron chi connectivity index (χ3n) is 3.94. The van der Waals surface area contributed by atoms with E-state index in [1.165, 1.54) is 22.7 Å². The molecule has 0 saturated carbocycles. The van der Waals surface area contributed by atoms with E-state index in [9.17, 15) is 14.0 Å². The fourth-order valence-corrected chi connectivity index (χ4v) is 3.40. The third-order valence-corrected chi connectivity index (χ3v) is 4.94. The Morgan fingerprint density at radius 2 is 1.96 bits per heavy atom. The molecule has 0 spiro atoms. The number of carbonyl (C=O) groups is 2. The maximum atomic E-state index is 13.9. The summed E-state index contributed by atoms with van der Waals surface area (Å²) in [5, 5.41) is 11.3. The van der Waals surface area contributed by atoms with Gasteiger partial charge >= 0.3 is 6.03 Å². The average molecular weight is 363 g/mol. The number of carbonyl (C=O) groups excluding carboxylic acids is 2. The Morgan fingerprint density at radius 1 is 1.24 bits per heavy atom. The van der Waals surface area contributed by atoms with E-state index in [2.05, 4.69) is 15.5 Å². The van der Waals surface area contributed by atoms with Gasteiger partial charge in [0.05, 0.1) is 5.56 Å². The first-order valence-corrected chi connectivity index (χ1v) is 8.71. The van der Waals surface area contributed by atoms with Crippen LogP contribution in [-0.2, 0) is 11.8 Å². The van der Waals surface area contributed by atoms with Gasteiger partial charge in [0.15, 0.2) is 11.0 Å². The van der Waals surface area contributed by atoms with Crippen molar-refractivity contribution in [2.24, 2.45) is 7.05 Å². The molecule has 0 atom stereocenters. The Morgan fingerprint density at radius 3 is 2.60 bits per heavy atom. The number of hydrogen-bond donors (Lipinski definition) is 1. The lowest BCUT2D eigenvalue weighted by Gasteiger charge is -2.15. The molecule has 132 valence electrons. The van der Waals surface area contributed by atoms with Gasteiger partial charge in [-0.3, -0.25) is 9.69 Å². The van der Waals surface area contributed by atoms with Gasteiger partial charge in [-0.05, 0) is 26.0 Å². The van der Waals surface area contributed by atoms with Crippen molar-refractivity contribution >= 4 is 23.7 Å². The highest BCUT2D eigenvalue weighted by molar-refractivity contribution is 7.99. The third kappa shape index (κ3) is 3.23. The molecular formula is C16H18FN5O2S. The van der Waals surface area contributed by atoms with Crippen molar-refractivity contribution in [1.82, 2.24) is 25.0 Å². The zero-order valence-corrected chi connectivity index (χ0v) is 14.9. The first-order valence-electron chi connectivity index (χ1n) is 7.72. The second kappa shape index (κ2) is 6.47. The van der Waals surface area contributed by atoms with E-state index in [-0.39, 0.29) is 24.3 Å². The van der Waals surface area contributed by atoms with Crippen LogP contribution >= 0.6 is 11.8 Å². The van der Waals surface area contributed by atoms with Gasteiger partial charge in [-0.25, -0.2) is 9.18 Å². The van der Waals surface area contributed by atoms with Gasteiger partial charge in [0.1, 0.15) is 11.4 Å². The maximum Gasteiger partial charge on any atom is 0.325 e. The summed E-state index contributed by atoms with van der Waals surface area (Å²) in [6, 6.07) is 5.98. The number of nitrogens with one attached hydrogen (secondary N) is 1. The molecule has 1 aliphatic heterocycles. The van der Waals surface area contributed by atoms with Crippen LogP contribution < -0.4 is 5.32 Å². The minimum Gasteiger partial charge on any atom is -0.324 e. The summed E-state index contributed by atoms with van der Waals surface area (Å²) < 4.78 is 15.6. The van der Waals surface area contributed by atoms with Crippen LogP contribution in [0.4, 0.5) is 9.18 Å². The number of benzene rings is 1. The Hall–Kier alpha value is -2.42. The van der Waals surface area contributed by atoms with Gasteiger partial charge in [-0.15, -0.1) is 10.2 Å². The molecule has 2 aromatic rings. The van der Waals surface area contributed by atoms with Gasteiger partial charge in [0.25, 0.3) is 5.91 Å².